The lowest BCUT2D eigenvalue weighted by Gasteiger charge is -2.22. The fourth-order valence-corrected chi connectivity index (χ4v) is 2.33. The average molecular weight is 303 g/mol. The molecular weight excluding hydrogens is 284 g/mol. The molecule has 0 fully saturated rings. The fraction of sp³-hybridized carbons (Fsp3) is 0.235. The van der Waals surface area contributed by atoms with Gasteiger partial charge in [0.1, 0.15) is 0 Å². The largest absolute Gasteiger partial charge is 0.399 e. The van der Waals surface area contributed by atoms with Gasteiger partial charge in [0.05, 0.1) is 6.42 Å². The molecule has 3 nitrogen and oxygen atoms in total. The molecule has 0 saturated heterocycles. The standard InChI is InChI=1S/C17H19ClN2O/c1-11-7-14(10-18)8-16(12(11)2)20-17(21)9-13-3-5-15(19)6-4-13/h3-8,12H,1,9-10,19H2,2H3,(H,20,21). The first kappa shape index (κ1) is 15.4. The minimum atomic E-state index is -0.0542. The minimum absolute atomic E-state index is 0.0542. The summed E-state index contributed by atoms with van der Waals surface area (Å²) in [6.45, 7) is 6.02. The lowest BCUT2D eigenvalue weighted by Crippen LogP contribution is -2.29. The molecule has 1 aliphatic rings. The average Bonchev–Trinajstić information content (AvgIpc) is 2.46. The van der Waals surface area contributed by atoms with Crippen LogP contribution in [-0.4, -0.2) is 11.8 Å². The number of alkyl halides is 1. The Balaban J connectivity index is 2.05. The summed E-state index contributed by atoms with van der Waals surface area (Å²) in [6, 6.07) is 7.30. The Hall–Kier alpha value is -2.00. The number of halogens is 1. The molecule has 0 aromatic heterocycles. The molecule has 1 aromatic carbocycles. The topological polar surface area (TPSA) is 55.1 Å². The van der Waals surface area contributed by atoms with Gasteiger partial charge in [-0.15, -0.1) is 11.6 Å². The van der Waals surface area contributed by atoms with Gasteiger partial charge in [0.2, 0.25) is 5.91 Å². The zero-order valence-corrected chi connectivity index (χ0v) is 12.8. The number of amides is 1. The summed E-state index contributed by atoms with van der Waals surface area (Å²) in [5, 5.41) is 2.96. The molecule has 0 spiro atoms. The quantitative estimate of drug-likeness (QED) is 0.663. The second-order valence-electron chi connectivity index (χ2n) is 5.22. The highest BCUT2D eigenvalue weighted by atomic mass is 35.5. The number of carbonyl (C=O) groups excluding carboxylic acids is 1. The van der Waals surface area contributed by atoms with Gasteiger partial charge < -0.3 is 11.1 Å². The molecule has 1 unspecified atom stereocenters. The van der Waals surface area contributed by atoms with Gasteiger partial charge in [0, 0.05) is 23.2 Å². The van der Waals surface area contributed by atoms with Crippen molar-refractivity contribution < 1.29 is 4.79 Å². The number of nitrogens with one attached hydrogen (secondary N) is 1. The summed E-state index contributed by atoms with van der Waals surface area (Å²) >= 11 is 5.86. The van der Waals surface area contributed by atoms with Crippen molar-refractivity contribution in [3.63, 3.8) is 0 Å². The van der Waals surface area contributed by atoms with E-state index in [1.165, 1.54) is 0 Å². The SMILES string of the molecule is C=C1C=C(CCl)C=C(NC(=O)Cc2ccc(N)cc2)C1C. The summed E-state index contributed by atoms with van der Waals surface area (Å²) < 4.78 is 0. The number of allylic oxidation sites excluding steroid dienone is 4. The Kier molecular flexibility index (Phi) is 4.86. The van der Waals surface area contributed by atoms with E-state index in [0.29, 0.717) is 18.0 Å². The minimum Gasteiger partial charge on any atom is -0.399 e. The number of hydrogen-bond donors (Lipinski definition) is 2. The Morgan fingerprint density at radius 2 is 2.00 bits per heavy atom. The molecule has 0 radical (unpaired) electrons. The van der Waals surface area contributed by atoms with E-state index in [1.807, 2.05) is 31.2 Å². The number of anilines is 1. The number of nitrogen functional groups attached to an aromatic ring is 1. The molecule has 4 heteroatoms. The predicted octanol–water partition coefficient (Wildman–Crippen LogP) is 3.18. The molecule has 1 atom stereocenters. The maximum Gasteiger partial charge on any atom is 0.228 e. The van der Waals surface area contributed by atoms with Crippen molar-refractivity contribution in [2.45, 2.75) is 13.3 Å². The highest BCUT2D eigenvalue weighted by molar-refractivity contribution is 6.19. The van der Waals surface area contributed by atoms with Crippen molar-refractivity contribution >= 4 is 23.2 Å². The third-order valence-corrected chi connectivity index (χ3v) is 3.83. The Morgan fingerprint density at radius 1 is 1.33 bits per heavy atom. The van der Waals surface area contributed by atoms with Crippen molar-refractivity contribution in [1.29, 1.82) is 0 Å². The van der Waals surface area contributed by atoms with Crippen LogP contribution >= 0.6 is 11.6 Å². The second kappa shape index (κ2) is 6.64. The van der Waals surface area contributed by atoms with E-state index in [1.54, 1.807) is 12.1 Å². The van der Waals surface area contributed by atoms with E-state index in [-0.39, 0.29) is 11.8 Å². The van der Waals surface area contributed by atoms with Crippen molar-refractivity contribution in [3.05, 3.63) is 65.4 Å². The predicted molar refractivity (Wildman–Crippen MR) is 87.9 cm³/mol. The van der Waals surface area contributed by atoms with Crippen LogP contribution in [0.4, 0.5) is 5.69 Å². The maximum atomic E-state index is 12.1. The van der Waals surface area contributed by atoms with E-state index in [2.05, 4.69) is 11.9 Å². The molecule has 1 aromatic rings. The van der Waals surface area contributed by atoms with Gasteiger partial charge in [-0.1, -0.05) is 31.7 Å². The summed E-state index contributed by atoms with van der Waals surface area (Å²) in [4.78, 5) is 12.1. The molecule has 0 aliphatic heterocycles. The first-order chi connectivity index (χ1) is 9.99. The lowest BCUT2D eigenvalue weighted by molar-refractivity contribution is -0.119. The van der Waals surface area contributed by atoms with Crippen LogP contribution < -0.4 is 11.1 Å². The van der Waals surface area contributed by atoms with Gasteiger partial charge >= 0.3 is 0 Å². The van der Waals surface area contributed by atoms with Gasteiger partial charge in [-0.2, -0.15) is 0 Å². The normalized spacial score (nSPS) is 18.0. The van der Waals surface area contributed by atoms with Crippen LogP contribution in [0, 0.1) is 5.92 Å². The number of benzene rings is 1. The second-order valence-corrected chi connectivity index (χ2v) is 5.48. The van der Waals surface area contributed by atoms with Crippen LogP contribution in [0.2, 0.25) is 0 Å². The van der Waals surface area contributed by atoms with E-state index < -0.39 is 0 Å². The summed E-state index contributed by atoms with van der Waals surface area (Å²) in [7, 11) is 0. The molecule has 0 heterocycles. The van der Waals surface area contributed by atoms with Crippen LogP contribution in [0.5, 0.6) is 0 Å². The van der Waals surface area contributed by atoms with Crippen molar-refractivity contribution in [2.75, 3.05) is 11.6 Å². The third kappa shape index (κ3) is 3.99. The summed E-state index contributed by atoms with van der Waals surface area (Å²) in [6.07, 6.45) is 4.21. The van der Waals surface area contributed by atoms with Crippen LogP contribution in [0.25, 0.3) is 0 Å². The third-order valence-electron chi connectivity index (χ3n) is 3.52. The Bertz CT molecular complexity index is 614. The van der Waals surface area contributed by atoms with Crippen LogP contribution in [-0.2, 0) is 11.2 Å². The number of carbonyl (C=O) groups is 1. The fourth-order valence-electron chi connectivity index (χ4n) is 2.18. The number of rotatable bonds is 4. The smallest absolute Gasteiger partial charge is 0.228 e. The molecule has 110 valence electrons. The molecule has 1 amide bonds. The Labute approximate surface area is 130 Å². The van der Waals surface area contributed by atoms with E-state index in [9.17, 15) is 4.79 Å². The van der Waals surface area contributed by atoms with Crippen molar-refractivity contribution in [1.82, 2.24) is 5.32 Å². The number of nitrogens with two attached hydrogens (primary N) is 1. The van der Waals surface area contributed by atoms with Gasteiger partial charge in [-0.05, 0) is 34.9 Å². The zero-order chi connectivity index (χ0) is 15.4. The summed E-state index contributed by atoms with van der Waals surface area (Å²) in [5.41, 5.74) is 10.0. The molecule has 0 bridgehead atoms. The van der Waals surface area contributed by atoms with Gasteiger partial charge in [-0.25, -0.2) is 0 Å². The number of hydrogen-bond acceptors (Lipinski definition) is 2. The molecular formula is C17H19ClN2O. The van der Waals surface area contributed by atoms with Crippen LogP contribution in [0.15, 0.2) is 59.8 Å². The van der Waals surface area contributed by atoms with Gasteiger partial charge in [0.15, 0.2) is 0 Å². The van der Waals surface area contributed by atoms with E-state index >= 15 is 0 Å². The maximum absolute atomic E-state index is 12.1. The van der Waals surface area contributed by atoms with Crippen LogP contribution in [0.1, 0.15) is 12.5 Å². The highest BCUT2D eigenvalue weighted by Crippen LogP contribution is 2.26. The molecule has 1 aliphatic carbocycles. The van der Waals surface area contributed by atoms with Crippen LogP contribution in [0.3, 0.4) is 0 Å². The van der Waals surface area contributed by atoms with Crippen molar-refractivity contribution in [3.8, 4) is 0 Å². The highest BCUT2D eigenvalue weighted by Gasteiger charge is 2.18. The van der Waals surface area contributed by atoms with Crippen molar-refractivity contribution in [2.24, 2.45) is 5.92 Å². The zero-order valence-electron chi connectivity index (χ0n) is 12.0. The molecule has 2 rings (SSSR count). The first-order valence-electron chi connectivity index (χ1n) is 6.81. The van der Waals surface area contributed by atoms with Gasteiger partial charge in [-0.3, -0.25) is 4.79 Å². The molecule has 3 N–H and O–H groups in total. The lowest BCUT2D eigenvalue weighted by atomic mass is 9.91. The summed E-state index contributed by atoms with van der Waals surface area (Å²) in [5.74, 6) is 0.442. The van der Waals surface area contributed by atoms with E-state index in [4.69, 9.17) is 17.3 Å². The first-order valence-corrected chi connectivity index (χ1v) is 7.34. The monoisotopic (exact) mass is 302 g/mol. The Morgan fingerprint density at radius 3 is 2.62 bits per heavy atom. The molecule has 0 saturated carbocycles. The van der Waals surface area contributed by atoms with Gasteiger partial charge in [0.25, 0.3) is 0 Å². The molecule has 21 heavy (non-hydrogen) atoms. The van der Waals surface area contributed by atoms with E-state index in [0.717, 1.165) is 22.4 Å².